The maximum absolute atomic E-state index is 13.1. The number of fused-ring (bicyclic) bond motifs is 1. The Kier molecular flexibility index (Phi) is 6.70. The Morgan fingerprint density at radius 3 is 2.42 bits per heavy atom. The van der Waals surface area contributed by atoms with E-state index in [-0.39, 0.29) is 17.2 Å². The minimum absolute atomic E-state index is 0.112. The monoisotopic (exact) mass is 449 g/mol. The first kappa shape index (κ1) is 21.2. The Hall–Kier alpha value is -3.09. The van der Waals surface area contributed by atoms with Crippen LogP contribution in [0.1, 0.15) is 11.1 Å². The number of thioether (sulfide) groups is 1. The van der Waals surface area contributed by atoms with Gasteiger partial charge in [-0.2, -0.15) is 0 Å². The van der Waals surface area contributed by atoms with Gasteiger partial charge >= 0.3 is 0 Å². The van der Waals surface area contributed by atoms with Crippen molar-refractivity contribution in [2.75, 3.05) is 5.75 Å². The largest absolute Gasteiger partial charge is 0.351 e. The van der Waals surface area contributed by atoms with Gasteiger partial charge in [-0.15, -0.1) is 0 Å². The van der Waals surface area contributed by atoms with Crippen LogP contribution in [0, 0.1) is 0 Å². The Balaban J connectivity index is 1.52. The van der Waals surface area contributed by atoms with E-state index < -0.39 is 0 Å². The number of hydrogen-bond acceptors (Lipinski definition) is 4. The number of nitrogens with zero attached hydrogens (tertiary/aromatic N) is 2. The molecule has 1 aromatic heterocycles. The van der Waals surface area contributed by atoms with Crippen molar-refractivity contribution in [3.05, 3.63) is 105 Å². The minimum atomic E-state index is -0.131. The van der Waals surface area contributed by atoms with Gasteiger partial charge in [0.1, 0.15) is 0 Å². The van der Waals surface area contributed by atoms with Gasteiger partial charge in [-0.05, 0) is 35.4 Å². The van der Waals surface area contributed by atoms with E-state index in [1.165, 1.54) is 11.8 Å². The van der Waals surface area contributed by atoms with Crippen molar-refractivity contribution in [2.24, 2.45) is 0 Å². The summed E-state index contributed by atoms with van der Waals surface area (Å²) >= 11 is 7.15. The molecule has 1 N–H and O–H groups in total. The lowest BCUT2D eigenvalue weighted by atomic mass is 10.2. The standard InChI is InChI=1S/C24H20ClN3O2S/c25-19-12-10-17(11-13-19)14-26-22(29)16-31-24-27-21-9-5-4-8-20(21)23(30)28(24)15-18-6-2-1-3-7-18/h1-13H,14-16H2,(H,26,29). The van der Waals surface area contributed by atoms with E-state index in [0.717, 1.165) is 11.1 Å². The van der Waals surface area contributed by atoms with E-state index in [9.17, 15) is 9.59 Å². The molecule has 4 rings (SSSR count). The number of halogens is 1. The SMILES string of the molecule is O=C(CSc1nc2ccccc2c(=O)n1Cc1ccccc1)NCc1ccc(Cl)cc1. The summed E-state index contributed by atoms with van der Waals surface area (Å²) in [5.41, 5.74) is 2.47. The molecule has 0 saturated heterocycles. The second-order valence-corrected chi connectivity index (χ2v) is 8.36. The van der Waals surface area contributed by atoms with E-state index in [1.54, 1.807) is 22.8 Å². The number of amides is 1. The Labute approximate surface area is 189 Å². The molecule has 0 bridgehead atoms. The number of benzene rings is 3. The van der Waals surface area contributed by atoms with Crippen molar-refractivity contribution >= 4 is 40.2 Å². The molecule has 4 aromatic rings. The predicted molar refractivity (Wildman–Crippen MR) is 126 cm³/mol. The maximum atomic E-state index is 13.1. The number of aromatic nitrogens is 2. The molecule has 0 aliphatic carbocycles. The summed E-state index contributed by atoms with van der Waals surface area (Å²) in [7, 11) is 0. The highest BCUT2D eigenvalue weighted by atomic mass is 35.5. The lowest BCUT2D eigenvalue weighted by Gasteiger charge is -2.13. The fourth-order valence-corrected chi connectivity index (χ4v) is 4.10. The van der Waals surface area contributed by atoms with Crippen LogP contribution in [0.15, 0.2) is 88.8 Å². The Morgan fingerprint density at radius 1 is 0.935 bits per heavy atom. The molecule has 0 fully saturated rings. The van der Waals surface area contributed by atoms with E-state index in [4.69, 9.17) is 11.6 Å². The van der Waals surface area contributed by atoms with Crippen LogP contribution in [-0.4, -0.2) is 21.2 Å². The first-order valence-corrected chi connectivity index (χ1v) is 11.1. The van der Waals surface area contributed by atoms with Crippen LogP contribution in [-0.2, 0) is 17.9 Å². The molecular formula is C24H20ClN3O2S. The fraction of sp³-hybridized carbons (Fsp3) is 0.125. The number of carbonyl (C=O) groups is 1. The highest BCUT2D eigenvalue weighted by molar-refractivity contribution is 7.99. The topological polar surface area (TPSA) is 64.0 Å². The molecular weight excluding hydrogens is 430 g/mol. The molecule has 0 radical (unpaired) electrons. The van der Waals surface area contributed by atoms with Crippen LogP contribution in [0.4, 0.5) is 0 Å². The third-order valence-electron chi connectivity index (χ3n) is 4.75. The van der Waals surface area contributed by atoms with Gasteiger partial charge in [0, 0.05) is 11.6 Å². The summed E-state index contributed by atoms with van der Waals surface area (Å²) in [5.74, 6) is 0.0290. The average Bonchev–Trinajstić information content (AvgIpc) is 2.80. The average molecular weight is 450 g/mol. The number of para-hydroxylation sites is 1. The van der Waals surface area contributed by atoms with Gasteiger partial charge in [-0.3, -0.25) is 14.2 Å². The van der Waals surface area contributed by atoms with E-state index >= 15 is 0 Å². The third-order valence-corrected chi connectivity index (χ3v) is 5.97. The molecule has 1 heterocycles. The zero-order chi connectivity index (χ0) is 21.6. The number of rotatable bonds is 7. The van der Waals surface area contributed by atoms with Crippen LogP contribution in [0.25, 0.3) is 10.9 Å². The van der Waals surface area contributed by atoms with Gasteiger partial charge in [0.2, 0.25) is 5.91 Å². The van der Waals surface area contributed by atoms with Gasteiger partial charge in [0.05, 0.1) is 23.2 Å². The van der Waals surface area contributed by atoms with Gasteiger partial charge in [0.15, 0.2) is 5.16 Å². The summed E-state index contributed by atoms with van der Waals surface area (Å²) in [5, 5.41) is 4.64. The molecule has 31 heavy (non-hydrogen) atoms. The first-order chi connectivity index (χ1) is 15.1. The molecule has 7 heteroatoms. The molecule has 1 amide bonds. The number of carbonyl (C=O) groups excluding carboxylic acids is 1. The van der Waals surface area contributed by atoms with Gasteiger partial charge in [-0.1, -0.05) is 78.0 Å². The Morgan fingerprint density at radius 2 is 1.65 bits per heavy atom. The van der Waals surface area contributed by atoms with Crippen molar-refractivity contribution in [1.29, 1.82) is 0 Å². The summed E-state index contributed by atoms with van der Waals surface area (Å²) < 4.78 is 1.63. The molecule has 0 atom stereocenters. The van der Waals surface area contributed by atoms with Crippen LogP contribution in [0.2, 0.25) is 5.02 Å². The zero-order valence-corrected chi connectivity index (χ0v) is 18.2. The van der Waals surface area contributed by atoms with Crippen LogP contribution >= 0.6 is 23.4 Å². The van der Waals surface area contributed by atoms with Crippen LogP contribution < -0.4 is 10.9 Å². The van der Waals surface area contributed by atoms with Crippen molar-refractivity contribution in [2.45, 2.75) is 18.2 Å². The molecule has 0 aliphatic rings. The van der Waals surface area contributed by atoms with Crippen LogP contribution in [0.3, 0.4) is 0 Å². The van der Waals surface area contributed by atoms with Gasteiger partial charge in [-0.25, -0.2) is 4.98 Å². The fourth-order valence-electron chi connectivity index (χ4n) is 3.15. The molecule has 5 nitrogen and oxygen atoms in total. The van der Waals surface area contributed by atoms with Crippen molar-refractivity contribution in [3.63, 3.8) is 0 Å². The number of nitrogens with one attached hydrogen (secondary N) is 1. The quantitative estimate of drug-likeness (QED) is 0.333. The summed E-state index contributed by atoms with van der Waals surface area (Å²) in [4.78, 5) is 30.2. The van der Waals surface area contributed by atoms with Gasteiger partial charge < -0.3 is 5.32 Å². The van der Waals surface area contributed by atoms with Crippen molar-refractivity contribution in [3.8, 4) is 0 Å². The maximum Gasteiger partial charge on any atom is 0.262 e. The van der Waals surface area contributed by atoms with E-state index in [0.29, 0.717) is 34.2 Å². The predicted octanol–water partition coefficient (Wildman–Crippen LogP) is 4.51. The minimum Gasteiger partial charge on any atom is -0.351 e. The summed E-state index contributed by atoms with van der Waals surface area (Å²) in [6.45, 7) is 0.810. The summed E-state index contributed by atoms with van der Waals surface area (Å²) in [6, 6.07) is 24.3. The van der Waals surface area contributed by atoms with Gasteiger partial charge in [0.25, 0.3) is 5.56 Å². The molecule has 156 valence electrons. The highest BCUT2D eigenvalue weighted by Crippen LogP contribution is 2.19. The number of hydrogen-bond donors (Lipinski definition) is 1. The second kappa shape index (κ2) is 9.81. The molecule has 0 unspecified atom stereocenters. The van der Waals surface area contributed by atoms with Crippen molar-refractivity contribution < 1.29 is 4.79 Å². The molecule has 0 spiro atoms. The van der Waals surface area contributed by atoms with Crippen molar-refractivity contribution in [1.82, 2.24) is 14.9 Å². The van der Waals surface area contributed by atoms with Crippen LogP contribution in [0.5, 0.6) is 0 Å². The molecule has 3 aromatic carbocycles. The normalized spacial score (nSPS) is 10.9. The third kappa shape index (κ3) is 5.34. The van der Waals surface area contributed by atoms with E-state index in [1.807, 2.05) is 60.7 Å². The highest BCUT2D eigenvalue weighted by Gasteiger charge is 2.13. The summed E-state index contributed by atoms with van der Waals surface area (Å²) in [6.07, 6.45) is 0. The van der Waals surface area contributed by atoms with E-state index in [2.05, 4.69) is 10.3 Å². The second-order valence-electron chi connectivity index (χ2n) is 6.98. The molecule has 0 aliphatic heterocycles. The Bertz CT molecular complexity index is 1260. The molecule has 0 saturated carbocycles. The lowest BCUT2D eigenvalue weighted by molar-refractivity contribution is -0.118. The smallest absolute Gasteiger partial charge is 0.262 e. The zero-order valence-electron chi connectivity index (χ0n) is 16.6. The lowest BCUT2D eigenvalue weighted by Crippen LogP contribution is -2.27. The first-order valence-electron chi connectivity index (χ1n) is 9.77.